The lowest BCUT2D eigenvalue weighted by Gasteiger charge is -2.05. The molecule has 4 rings (SSSR count). The Morgan fingerprint density at radius 2 is 2.09 bits per heavy atom. The number of imidazole rings is 1. The fourth-order valence-corrected chi connectivity index (χ4v) is 2.56. The Bertz CT molecular complexity index is 986. The topological polar surface area (TPSA) is 83.8 Å². The predicted octanol–water partition coefficient (Wildman–Crippen LogP) is 2.68. The van der Waals surface area contributed by atoms with Crippen molar-refractivity contribution in [2.45, 2.75) is 6.42 Å². The molecule has 0 unspecified atom stereocenters. The van der Waals surface area contributed by atoms with E-state index < -0.39 is 0 Å². The van der Waals surface area contributed by atoms with Crippen LogP contribution in [0.3, 0.4) is 0 Å². The highest BCUT2D eigenvalue weighted by molar-refractivity contribution is 5.97. The molecule has 0 fully saturated rings. The minimum absolute atomic E-state index is 0.0935. The SMILES string of the molecule is O=C(NCCc1ccc2ocnc2c1)c1ccc2nc[nH]c2c1. The van der Waals surface area contributed by atoms with Gasteiger partial charge in [-0.25, -0.2) is 9.97 Å². The van der Waals surface area contributed by atoms with Crippen LogP contribution < -0.4 is 5.32 Å². The molecule has 0 radical (unpaired) electrons. The molecule has 0 saturated heterocycles. The number of benzene rings is 2. The smallest absolute Gasteiger partial charge is 0.251 e. The summed E-state index contributed by atoms with van der Waals surface area (Å²) in [5.41, 5.74) is 5.03. The van der Waals surface area contributed by atoms with E-state index in [1.54, 1.807) is 18.5 Å². The van der Waals surface area contributed by atoms with Gasteiger partial charge in [0.2, 0.25) is 0 Å². The first-order valence-electron chi connectivity index (χ1n) is 7.33. The first-order chi connectivity index (χ1) is 11.3. The maximum Gasteiger partial charge on any atom is 0.251 e. The van der Waals surface area contributed by atoms with E-state index in [9.17, 15) is 4.79 Å². The second-order valence-electron chi connectivity index (χ2n) is 5.29. The Morgan fingerprint density at radius 1 is 1.13 bits per heavy atom. The van der Waals surface area contributed by atoms with Gasteiger partial charge in [-0.05, 0) is 42.3 Å². The van der Waals surface area contributed by atoms with E-state index in [2.05, 4.69) is 20.3 Å². The minimum atomic E-state index is -0.0935. The first-order valence-corrected chi connectivity index (χ1v) is 7.33. The molecule has 6 nitrogen and oxygen atoms in total. The van der Waals surface area contributed by atoms with Crippen molar-refractivity contribution in [2.24, 2.45) is 0 Å². The molecule has 0 bridgehead atoms. The van der Waals surface area contributed by atoms with Crippen molar-refractivity contribution in [1.82, 2.24) is 20.3 Å². The molecule has 4 aromatic rings. The Balaban J connectivity index is 1.40. The van der Waals surface area contributed by atoms with Gasteiger partial charge in [0, 0.05) is 12.1 Å². The van der Waals surface area contributed by atoms with E-state index >= 15 is 0 Å². The van der Waals surface area contributed by atoms with Crippen LogP contribution in [-0.2, 0) is 6.42 Å². The Morgan fingerprint density at radius 3 is 3.04 bits per heavy atom. The highest BCUT2D eigenvalue weighted by atomic mass is 16.3. The van der Waals surface area contributed by atoms with Gasteiger partial charge < -0.3 is 14.7 Å². The van der Waals surface area contributed by atoms with Gasteiger partial charge in [-0.1, -0.05) is 6.07 Å². The van der Waals surface area contributed by atoms with Crippen LogP contribution in [0.2, 0.25) is 0 Å². The lowest BCUT2D eigenvalue weighted by molar-refractivity contribution is 0.0954. The van der Waals surface area contributed by atoms with E-state index in [0.29, 0.717) is 12.1 Å². The quantitative estimate of drug-likeness (QED) is 0.607. The summed E-state index contributed by atoms with van der Waals surface area (Å²) in [6, 6.07) is 11.3. The third-order valence-electron chi connectivity index (χ3n) is 3.78. The van der Waals surface area contributed by atoms with Crippen LogP contribution >= 0.6 is 0 Å². The molecule has 0 saturated carbocycles. The van der Waals surface area contributed by atoms with Crippen molar-refractivity contribution < 1.29 is 9.21 Å². The molecule has 0 spiro atoms. The number of carbonyl (C=O) groups excluding carboxylic acids is 1. The highest BCUT2D eigenvalue weighted by Crippen LogP contribution is 2.14. The van der Waals surface area contributed by atoms with E-state index in [4.69, 9.17) is 4.42 Å². The van der Waals surface area contributed by atoms with Crippen LogP contribution in [0.5, 0.6) is 0 Å². The molecule has 1 amide bonds. The zero-order valence-electron chi connectivity index (χ0n) is 12.2. The van der Waals surface area contributed by atoms with Crippen molar-refractivity contribution in [1.29, 1.82) is 0 Å². The zero-order chi connectivity index (χ0) is 15.6. The van der Waals surface area contributed by atoms with Crippen LogP contribution in [0, 0.1) is 0 Å². The number of aromatic amines is 1. The van der Waals surface area contributed by atoms with Crippen molar-refractivity contribution in [2.75, 3.05) is 6.54 Å². The lowest BCUT2D eigenvalue weighted by Crippen LogP contribution is -2.25. The third-order valence-corrected chi connectivity index (χ3v) is 3.78. The molecule has 2 N–H and O–H groups in total. The summed E-state index contributed by atoms with van der Waals surface area (Å²) in [5, 5.41) is 2.93. The number of rotatable bonds is 4. The second-order valence-corrected chi connectivity index (χ2v) is 5.29. The van der Waals surface area contributed by atoms with Gasteiger partial charge in [-0.3, -0.25) is 4.79 Å². The summed E-state index contributed by atoms with van der Waals surface area (Å²) in [6.07, 6.45) is 3.79. The maximum atomic E-state index is 12.2. The van der Waals surface area contributed by atoms with Gasteiger partial charge in [0.1, 0.15) is 5.52 Å². The number of H-pyrrole nitrogens is 1. The Kier molecular flexibility index (Phi) is 3.27. The number of nitrogens with zero attached hydrogens (tertiary/aromatic N) is 2. The van der Waals surface area contributed by atoms with Crippen molar-refractivity contribution in [3.05, 3.63) is 60.2 Å². The molecule has 0 atom stereocenters. The number of aromatic nitrogens is 3. The lowest BCUT2D eigenvalue weighted by atomic mass is 10.1. The summed E-state index contributed by atoms with van der Waals surface area (Å²) >= 11 is 0. The maximum absolute atomic E-state index is 12.2. The van der Waals surface area contributed by atoms with E-state index in [1.807, 2.05) is 24.3 Å². The molecule has 2 aromatic carbocycles. The first kappa shape index (κ1) is 13.5. The number of oxazole rings is 1. The average Bonchev–Trinajstić information content (AvgIpc) is 3.22. The normalized spacial score (nSPS) is 11.1. The van der Waals surface area contributed by atoms with Crippen LogP contribution in [0.4, 0.5) is 0 Å². The van der Waals surface area contributed by atoms with Crippen LogP contribution in [-0.4, -0.2) is 27.4 Å². The van der Waals surface area contributed by atoms with Gasteiger partial charge in [-0.2, -0.15) is 0 Å². The Hall–Kier alpha value is -3.15. The van der Waals surface area contributed by atoms with E-state index in [-0.39, 0.29) is 5.91 Å². The molecule has 23 heavy (non-hydrogen) atoms. The number of fused-ring (bicyclic) bond motifs is 2. The van der Waals surface area contributed by atoms with Crippen LogP contribution in [0.1, 0.15) is 15.9 Å². The molecule has 0 aliphatic heterocycles. The summed E-state index contributed by atoms with van der Waals surface area (Å²) < 4.78 is 5.21. The largest absolute Gasteiger partial charge is 0.443 e. The molecule has 0 aliphatic carbocycles. The van der Waals surface area contributed by atoms with E-state index in [1.165, 1.54) is 6.39 Å². The molecule has 2 heterocycles. The number of nitrogens with one attached hydrogen (secondary N) is 2. The van der Waals surface area contributed by atoms with Gasteiger partial charge in [0.05, 0.1) is 17.4 Å². The fraction of sp³-hybridized carbons (Fsp3) is 0.118. The molecule has 0 aliphatic rings. The third kappa shape index (κ3) is 2.66. The van der Waals surface area contributed by atoms with Crippen molar-refractivity contribution in [3.8, 4) is 0 Å². The summed E-state index contributed by atoms with van der Waals surface area (Å²) in [4.78, 5) is 23.5. The fourth-order valence-electron chi connectivity index (χ4n) is 2.56. The van der Waals surface area contributed by atoms with Crippen molar-refractivity contribution >= 4 is 28.0 Å². The van der Waals surface area contributed by atoms with Crippen molar-refractivity contribution in [3.63, 3.8) is 0 Å². The number of hydrogen-bond donors (Lipinski definition) is 2. The van der Waals surface area contributed by atoms with Gasteiger partial charge >= 0.3 is 0 Å². The molecule has 6 heteroatoms. The zero-order valence-corrected chi connectivity index (χ0v) is 12.2. The second kappa shape index (κ2) is 5.57. The molecule has 2 aromatic heterocycles. The number of hydrogen-bond acceptors (Lipinski definition) is 4. The van der Waals surface area contributed by atoms with E-state index in [0.717, 1.165) is 34.1 Å². The van der Waals surface area contributed by atoms with Crippen LogP contribution in [0.15, 0.2) is 53.5 Å². The molecule has 114 valence electrons. The summed E-state index contributed by atoms with van der Waals surface area (Å²) in [5.74, 6) is -0.0935. The monoisotopic (exact) mass is 306 g/mol. The number of amides is 1. The minimum Gasteiger partial charge on any atom is -0.443 e. The summed E-state index contributed by atoms with van der Waals surface area (Å²) in [6.45, 7) is 0.559. The highest BCUT2D eigenvalue weighted by Gasteiger charge is 2.07. The predicted molar refractivity (Wildman–Crippen MR) is 86.1 cm³/mol. The molecular formula is C17H14N4O2. The van der Waals surface area contributed by atoms with Gasteiger partial charge in [-0.15, -0.1) is 0 Å². The van der Waals surface area contributed by atoms with Crippen LogP contribution in [0.25, 0.3) is 22.1 Å². The standard InChI is InChI=1S/C17H14N4O2/c22-17(12-2-3-13-14(8-12)20-9-19-13)18-6-5-11-1-4-16-15(7-11)21-10-23-16/h1-4,7-10H,5-6H2,(H,18,22)(H,19,20). The van der Waals surface area contributed by atoms with Gasteiger partial charge in [0.25, 0.3) is 5.91 Å². The Labute approximate surface area is 131 Å². The number of carbonyl (C=O) groups is 1. The molecular weight excluding hydrogens is 292 g/mol. The van der Waals surface area contributed by atoms with Gasteiger partial charge in [0.15, 0.2) is 12.0 Å². The average molecular weight is 306 g/mol. The summed E-state index contributed by atoms with van der Waals surface area (Å²) in [7, 11) is 0.